The molecule has 0 spiro atoms. The molecule has 0 aromatic heterocycles. The monoisotopic (exact) mass is 283 g/mol. The van der Waals surface area contributed by atoms with Gasteiger partial charge in [-0.1, -0.05) is 13.0 Å². The predicted molar refractivity (Wildman–Crippen MR) is 80.0 cm³/mol. The van der Waals surface area contributed by atoms with Gasteiger partial charge in [0.15, 0.2) is 0 Å². The van der Waals surface area contributed by atoms with Crippen LogP contribution in [0.25, 0.3) is 0 Å². The molecule has 1 N–H and O–H groups in total. The zero-order valence-corrected chi connectivity index (χ0v) is 12.6. The van der Waals surface area contributed by atoms with Gasteiger partial charge in [0.1, 0.15) is 0 Å². The minimum absolute atomic E-state index is 0.208. The summed E-state index contributed by atoms with van der Waals surface area (Å²) in [7, 11) is 0. The molecule has 1 fully saturated rings. The first-order valence-electron chi connectivity index (χ1n) is 7.46. The lowest BCUT2D eigenvalue weighted by atomic mass is 10.0. The smallest absolute Gasteiger partial charge is 0.236 e. The topological polar surface area (TPSA) is 40.5 Å². The Morgan fingerprint density at radius 3 is 2.89 bits per heavy atom. The Balaban J connectivity index is 1.88. The molecular weight excluding hydrogens is 258 g/mol. The molecule has 0 heterocycles. The van der Waals surface area contributed by atoms with Gasteiger partial charge in [0.05, 0.1) is 5.75 Å². The van der Waals surface area contributed by atoms with Crippen LogP contribution in [0.1, 0.15) is 51.9 Å². The molecule has 2 aliphatic rings. The predicted octanol–water partition coefficient (Wildman–Crippen LogP) is 2.94. The second-order valence-electron chi connectivity index (χ2n) is 5.57. The van der Waals surface area contributed by atoms with E-state index in [0.717, 1.165) is 19.3 Å². The number of thioether (sulfide) groups is 1. The van der Waals surface area contributed by atoms with E-state index in [4.69, 9.17) is 5.11 Å². The molecule has 3 nitrogen and oxygen atoms in total. The molecule has 4 heteroatoms. The van der Waals surface area contributed by atoms with Crippen molar-refractivity contribution in [3.05, 3.63) is 11.8 Å². The Labute approximate surface area is 120 Å². The summed E-state index contributed by atoms with van der Waals surface area (Å²) in [4.78, 5) is 14.5. The Bertz CT molecular complexity index is 339. The van der Waals surface area contributed by atoms with Crippen LogP contribution in [0, 0.1) is 0 Å². The van der Waals surface area contributed by atoms with Crippen molar-refractivity contribution in [2.45, 2.75) is 63.2 Å². The summed E-state index contributed by atoms with van der Waals surface area (Å²) in [6.07, 6.45) is 10.0. The molecule has 0 aromatic carbocycles. The van der Waals surface area contributed by atoms with E-state index < -0.39 is 0 Å². The van der Waals surface area contributed by atoms with Crippen LogP contribution in [-0.4, -0.2) is 39.6 Å². The third-order valence-electron chi connectivity index (χ3n) is 3.78. The third-order valence-corrected chi connectivity index (χ3v) is 5.00. The fourth-order valence-corrected chi connectivity index (χ4v) is 3.36. The number of rotatable bonds is 7. The maximum absolute atomic E-state index is 12.4. The van der Waals surface area contributed by atoms with Gasteiger partial charge in [-0.25, -0.2) is 0 Å². The van der Waals surface area contributed by atoms with Crippen molar-refractivity contribution < 1.29 is 9.90 Å². The van der Waals surface area contributed by atoms with Gasteiger partial charge in [-0.3, -0.25) is 4.79 Å². The van der Waals surface area contributed by atoms with Gasteiger partial charge in [-0.15, -0.1) is 11.8 Å². The third kappa shape index (κ3) is 4.53. The van der Waals surface area contributed by atoms with E-state index in [0.29, 0.717) is 17.0 Å². The molecule has 1 atom stereocenters. The summed E-state index contributed by atoms with van der Waals surface area (Å²) in [5.74, 6) is 0.820. The van der Waals surface area contributed by atoms with Gasteiger partial charge in [0.2, 0.25) is 5.91 Å². The first kappa shape index (κ1) is 14.9. The van der Waals surface area contributed by atoms with Gasteiger partial charge >= 0.3 is 0 Å². The molecule has 108 valence electrons. The van der Waals surface area contributed by atoms with Crippen LogP contribution >= 0.6 is 11.8 Å². The lowest BCUT2D eigenvalue weighted by Gasteiger charge is -2.28. The second kappa shape index (κ2) is 7.34. The van der Waals surface area contributed by atoms with E-state index in [1.165, 1.54) is 31.4 Å². The van der Waals surface area contributed by atoms with Gasteiger partial charge in [-0.05, 0) is 44.9 Å². The van der Waals surface area contributed by atoms with Crippen molar-refractivity contribution in [1.82, 2.24) is 4.90 Å². The van der Waals surface area contributed by atoms with Crippen molar-refractivity contribution in [3.8, 4) is 0 Å². The number of hydrogen-bond donors (Lipinski definition) is 1. The van der Waals surface area contributed by atoms with Crippen LogP contribution in [0.15, 0.2) is 11.8 Å². The average molecular weight is 283 g/mol. The number of hydrogen-bond acceptors (Lipinski definition) is 3. The fraction of sp³-hybridized carbons (Fsp3) is 0.800. The van der Waals surface area contributed by atoms with Gasteiger partial charge in [0, 0.05) is 23.6 Å². The Hall–Kier alpha value is -0.480. The highest BCUT2D eigenvalue weighted by Gasteiger charge is 2.34. The number of nitrogens with zero attached hydrogens (tertiary/aromatic N) is 1. The van der Waals surface area contributed by atoms with Crippen molar-refractivity contribution in [2.24, 2.45) is 0 Å². The minimum atomic E-state index is 0.208. The van der Waals surface area contributed by atoms with E-state index in [2.05, 4.69) is 17.9 Å². The van der Waals surface area contributed by atoms with E-state index in [1.807, 2.05) is 0 Å². The summed E-state index contributed by atoms with van der Waals surface area (Å²) in [6.45, 7) is 2.29. The van der Waals surface area contributed by atoms with Crippen molar-refractivity contribution in [3.63, 3.8) is 0 Å². The standard InChI is InChI=1S/C15H25NO2S/c1-12(9-10-17)19-11-15(18)16(14-7-8-14)13-5-3-2-4-6-13/h5,12,14,17H,2-4,6-11H2,1H3. The summed E-state index contributed by atoms with van der Waals surface area (Å²) in [5.41, 5.74) is 1.27. The highest BCUT2D eigenvalue weighted by atomic mass is 32.2. The first-order chi connectivity index (χ1) is 9.22. The maximum Gasteiger partial charge on any atom is 0.236 e. The van der Waals surface area contributed by atoms with Gasteiger partial charge in [0.25, 0.3) is 0 Å². The number of carbonyl (C=O) groups excluding carboxylic acids is 1. The lowest BCUT2D eigenvalue weighted by molar-refractivity contribution is -0.127. The zero-order valence-electron chi connectivity index (χ0n) is 11.8. The van der Waals surface area contributed by atoms with E-state index >= 15 is 0 Å². The highest BCUT2D eigenvalue weighted by molar-refractivity contribution is 8.00. The molecule has 2 aliphatic carbocycles. The molecule has 2 rings (SSSR count). The number of allylic oxidation sites excluding steroid dienone is 2. The van der Waals surface area contributed by atoms with E-state index in [1.54, 1.807) is 11.8 Å². The quantitative estimate of drug-likeness (QED) is 0.781. The number of carbonyl (C=O) groups is 1. The summed E-state index contributed by atoms with van der Waals surface area (Å²) >= 11 is 1.67. The molecule has 0 aliphatic heterocycles. The second-order valence-corrected chi connectivity index (χ2v) is 7.00. The van der Waals surface area contributed by atoms with Crippen LogP contribution in [0.2, 0.25) is 0 Å². The molecule has 1 unspecified atom stereocenters. The highest BCUT2D eigenvalue weighted by Crippen LogP contribution is 2.34. The van der Waals surface area contributed by atoms with Crippen LogP contribution in [0.4, 0.5) is 0 Å². The molecule has 0 radical (unpaired) electrons. The molecule has 1 amide bonds. The number of aliphatic hydroxyl groups excluding tert-OH is 1. The summed E-state index contributed by atoms with van der Waals surface area (Å²) in [5, 5.41) is 9.25. The number of aliphatic hydroxyl groups is 1. The molecule has 0 aromatic rings. The molecular formula is C15H25NO2S. The first-order valence-corrected chi connectivity index (χ1v) is 8.51. The van der Waals surface area contributed by atoms with E-state index in [9.17, 15) is 4.79 Å². The fourth-order valence-electron chi connectivity index (χ4n) is 2.52. The molecule has 19 heavy (non-hydrogen) atoms. The largest absolute Gasteiger partial charge is 0.396 e. The Kier molecular flexibility index (Phi) is 5.76. The van der Waals surface area contributed by atoms with Crippen LogP contribution in [0.3, 0.4) is 0 Å². The van der Waals surface area contributed by atoms with Crippen LogP contribution in [0.5, 0.6) is 0 Å². The maximum atomic E-state index is 12.4. The van der Waals surface area contributed by atoms with Crippen LogP contribution < -0.4 is 0 Å². The SMILES string of the molecule is CC(CCO)SCC(=O)N(C1=CCCCC1)C1CC1. The van der Waals surface area contributed by atoms with Crippen molar-refractivity contribution >= 4 is 17.7 Å². The Morgan fingerprint density at radius 1 is 1.53 bits per heavy atom. The van der Waals surface area contributed by atoms with Crippen molar-refractivity contribution in [2.75, 3.05) is 12.4 Å². The minimum Gasteiger partial charge on any atom is -0.396 e. The van der Waals surface area contributed by atoms with Gasteiger partial charge in [-0.2, -0.15) is 0 Å². The summed E-state index contributed by atoms with van der Waals surface area (Å²) < 4.78 is 0. The van der Waals surface area contributed by atoms with E-state index in [-0.39, 0.29) is 12.5 Å². The molecule has 0 saturated heterocycles. The van der Waals surface area contributed by atoms with Crippen LogP contribution in [-0.2, 0) is 4.79 Å². The zero-order chi connectivity index (χ0) is 13.7. The normalized spacial score (nSPS) is 20.8. The molecule has 1 saturated carbocycles. The summed E-state index contributed by atoms with van der Waals surface area (Å²) in [6, 6.07) is 0.477. The number of amides is 1. The van der Waals surface area contributed by atoms with Crippen molar-refractivity contribution in [1.29, 1.82) is 0 Å². The average Bonchev–Trinajstić information content (AvgIpc) is 3.23. The van der Waals surface area contributed by atoms with Gasteiger partial charge < -0.3 is 10.0 Å². The molecule has 0 bridgehead atoms. The Morgan fingerprint density at radius 2 is 2.32 bits per heavy atom. The lowest BCUT2D eigenvalue weighted by Crippen LogP contribution is -2.34.